The summed E-state index contributed by atoms with van der Waals surface area (Å²) in [7, 11) is 0. The predicted octanol–water partition coefficient (Wildman–Crippen LogP) is 2.03. The summed E-state index contributed by atoms with van der Waals surface area (Å²) in [6.45, 7) is 0. The zero-order valence-corrected chi connectivity index (χ0v) is 7.61. The second kappa shape index (κ2) is 4.20. The number of hydrogen-bond donors (Lipinski definition) is 1. The maximum Gasteiger partial charge on any atom is 0.270 e. The summed E-state index contributed by atoms with van der Waals surface area (Å²) in [5.74, 6) is 0. The van der Waals surface area contributed by atoms with Gasteiger partial charge in [-0.05, 0) is 6.07 Å². The Labute approximate surface area is 82.9 Å². The molecule has 1 aromatic heterocycles. The number of halogens is 3. The smallest absolute Gasteiger partial charge is 0.270 e. The van der Waals surface area contributed by atoms with Crippen LogP contribution in [0.15, 0.2) is 10.9 Å². The van der Waals surface area contributed by atoms with Gasteiger partial charge in [-0.15, -0.1) is 0 Å². The molecule has 0 aromatic carbocycles. The highest BCUT2D eigenvalue weighted by atomic mass is 35.5. The number of H-pyrrole nitrogens is 1. The average Bonchev–Trinajstić information content (AvgIpc) is 2.01. The molecule has 74 valence electrons. The maximum atomic E-state index is 12.2. The van der Waals surface area contributed by atoms with Crippen molar-refractivity contribution in [1.82, 2.24) is 4.98 Å². The summed E-state index contributed by atoms with van der Waals surface area (Å²) in [4.78, 5) is 13.2. The van der Waals surface area contributed by atoms with Crippen LogP contribution in [-0.2, 0) is 6.42 Å². The molecule has 0 amide bonds. The van der Waals surface area contributed by atoms with Gasteiger partial charge < -0.3 is 4.98 Å². The Morgan fingerprint density at radius 3 is 2.71 bits per heavy atom. The minimum absolute atomic E-state index is 0.0710. The first-order valence-electron chi connectivity index (χ1n) is 3.63. The fourth-order valence-corrected chi connectivity index (χ4v) is 1.27. The largest absolute Gasteiger partial charge is 0.325 e. The van der Waals surface area contributed by atoms with Crippen molar-refractivity contribution in [1.29, 1.82) is 5.26 Å². The molecule has 0 spiro atoms. The highest BCUT2D eigenvalue weighted by Gasteiger charge is 2.17. The Morgan fingerprint density at radius 2 is 2.29 bits per heavy atom. The maximum absolute atomic E-state index is 12.2. The summed E-state index contributed by atoms with van der Waals surface area (Å²) in [5, 5.41) is 8.01. The van der Waals surface area contributed by atoms with E-state index < -0.39 is 17.5 Å². The molecule has 0 aliphatic carbocycles. The molecule has 1 heterocycles. The standard InChI is InChI=1S/C8H5ClF2N2O/c9-5-3-4(1-2-12)13-8(14)6(5)7(10)11/h3,7H,1H2,(H,13,14). The molecule has 0 bridgehead atoms. The molecule has 3 nitrogen and oxygen atoms in total. The van der Waals surface area contributed by atoms with Gasteiger partial charge >= 0.3 is 0 Å². The first-order chi connectivity index (χ1) is 6.56. The fraction of sp³-hybridized carbons (Fsp3) is 0.250. The van der Waals surface area contributed by atoms with Gasteiger partial charge in [0.15, 0.2) is 0 Å². The van der Waals surface area contributed by atoms with Gasteiger partial charge in [-0.1, -0.05) is 11.6 Å². The average molecular weight is 219 g/mol. The van der Waals surface area contributed by atoms with Crippen LogP contribution in [0.25, 0.3) is 0 Å². The van der Waals surface area contributed by atoms with Gasteiger partial charge in [0.25, 0.3) is 12.0 Å². The van der Waals surface area contributed by atoms with Crippen molar-refractivity contribution in [2.45, 2.75) is 12.8 Å². The lowest BCUT2D eigenvalue weighted by Gasteiger charge is -2.02. The molecule has 1 aromatic rings. The van der Waals surface area contributed by atoms with E-state index in [0.717, 1.165) is 6.07 Å². The van der Waals surface area contributed by atoms with Crippen LogP contribution in [-0.4, -0.2) is 4.98 Å². The number of nitrogens with zero attached hydrogens (tertiary/aromatic N) is 1. The number of nitrogens with one attached hydrogen (secondary N) is 1. The Morgan fingerprint density at radius 1 is 1.64 bits per heavy atom. The minimum Gasteiger partial charge on any atom is -0.325 e. The van der Waals surface area contributed by atoms with E-state index in [1.165, 1.54) is 0 Å². The monoisotopic (exact) mass is 218 g/mol. The van der Waals surface area contributed by atoms with Crippen molar-refractivity contribution in [3.8, 4) is 6.07 Å². The topological polar surface area (TPSA) is 56.6 Å². The summed E-state index contributed by atoms with van der Waals surface area (Å²) < 4.78 is 24.5. The SMILES string of the molecule is N#CCc1cc(Cl)c(C(F)F)c(=O)[nH]1. The Bertz CT molecular complexity index is 436. The van der Waals surface area contributed by atoms with E-state index >= 15 is 0 Å². The van der Waals surface area contributed by atoms with Crippen molar-refractivity contribution in [2.24, 2.45) is 0 Å². The van der Waals surface area contributed by atoms with E-state index in [0.29, 0.717) is 0 Å². The van der Waals surface area contributed by atoms with Gasteiger partial charge in [-0.25, -0.2) is 8.78 Å². The molecule has 0 aliphatic heterocycles. The lowest BCUT2D eigenvalue weighted by Crippen LogP contribution is -2.15. The molecule has 0 fully saturated rings. The number of hydrogen-bond acceptors (Lipinski definition) is 2. The zero-order chi connectivity index (χ0) is 10.7. The number of alkyl halides is 2. The van der Waals surface area contributed by atoms with Crippen molar-refractivity contribution >= 4 is 11.6 Å². The van der Waals surface area contributed by atoms with Crippen molar-refractivity contribution in [2.75, 3.05) is 0 Å². The van der Waals surface area contributed by atoms with Crippen LogP contribution in [0.2, 0.25) is 5.02 Å². The Hall–Kier alpha value is -1.41. The van der Waals surface area contributed by atoms with E-state index in [-0.39, 0.29) is 17.1 Å². The third-order valence-electron chi connectivity index (χ3n) is 1.56. The molecule has 0 saturated carbocycles. The number of nitriles is 1. The van der Waals surface area contributed by atoms with Crippen molar-refractivity contribution in [3.63, 3.8) is 0 Å². The minimum atomic E-state index is -2.91. The molecule has 1 rings (SSSR count). The van der Waals surface area contributed by atoms with Gasteiger partial charge in [-0.3, -0.25) is 4.79 Å². The molecule has 0 aliphatic rings. The Kier molecular flexibility index (Phi) is 3.20. The molecule has 0 saturated heterocycles. The van der Waals surface area contributed by atoms with Crippen LogP contribution < -0.4 is 5.56 Å². The molecule has 0 unspecified atom stereocenters. The van der Waals surface area contributed by atoms with Gasteiger partial charge in [-0.2, -0.15) is 5.26 Å². The third kappa shape index (κ3) is 2.09. The number of pyridine rings is 1. The van der Waals surface area contributed by atoms with Gasteiger partial charge in [0.05, 0.1) is 17.5 Å². The van der Waals surface area contributed by atoms with Gasteiger partial charge in [0.2, 0.25) is 0 Å². The van der Waals surface area contributed by atoms with Crippen LogP contribution in [0, 0.1) is 11.3 Å². The predicted molar refractivity (Wildman–Crippen MR) is 46.3 cm³/mol. The van der Waals surface area contributed by atoms with Crippen LogP contribution in [0.1, 0.15) is 17.7 Å². The van der Waals surface area contributed by atoms with E-state index in [1.807, 2.05) is 0 Å². The second-order valence-corrected chi connectivity index (χ2v) is 2.93. The second-order valence-electron chi connectivity index (χ2n) is 2.52. The highest BCUT2D eigenvalue weighted by molar-refractivity contribution is 6.31. The molecule has 0 radical (unpaired) electrons. The molecular weight excluding hydrogens is 214 g/mol. The first-order valence-corrected chi connectivity index (χ1v) is 4.00. The van der Waals surface area contributed by atoms with Crippen LogP contribution in [0.4, 0.5) is 8.78 Å². The van der Waals surface area contributed by atoms with Crippen molar-refractivity contribution < 1.29 is 8.78 Å². The molecular formula is C8H5ClF2N2O. The van der Waals surface area contributed by atoms with Gasteiger partial charge in [0, 0.05) is 5.69 Å². The van der Waals surface area contributed by atoms with Crippen molar-refractivity contribution in [3.05, 3.63) is 32.7 Å². The summed E-state index contributed by atoms with van der Waals surface area (Å²) in [5.41, 5.74) is -1.47. The molecule has 6 heteroatoms. The molecule has 1 N–H and O–H groups in total. The van der Waals surface area contributed by atoms with E-state index in [1.54, 1.807) is 6.07 Å². The van der Waals surface area contributed by atoms with E-state index in [9.17, 15) is 13.6 Å². The number of aromatic nitrogens is 1. The van der Waals surface area contributed by atoms with Crippen LogP contribution in [0.3, 0.4) is 0 Å². The quantitative estimate of drug-likeness (QED) is 0.826. The molecule has 14 heavy (non-hydrogen) atoms. The molecule has 0 atom stereocenters. The summed E-state index contributed by atoms with van der Waals surface area (Å²) >= 11 is 5.46. The zero-order valence-electron chi connectivity index (χ0n) is 6.85. The number of rotatable bonds is 2. The highest BCUT2D eigenvalue weighted by Crippen LogP contribution is 2.23. The fourth-order valence-electron chi connectivity index (χ4n) is 0.972. The lowest BCUT2D eigenvalue weighted by molar-refractivity contribution is 0.149. The third-order valence-corrected chi connectivity index (χ3v) is 1.88. The van der Waals surface area contributed by atoms with Crippen LogP contribution in [0.5, 0.6) is 0 Å². The van der Waals surface area contributed by atoms with Crippen LogP contribution >= 0.6 is 11.6 Å². The summed E-state index contributed by atoms with van der Waals surface area (Å²) in [6, 6.07) is 2.93. The van der Waals surface area contributed by atoms with E-state index in [4.69, 9.17) is 16.9 Å². The Balaban J connectivity index is 3.27. The first kappa shape index (κ1) is 10.7. The number of aromatic amines is 1. The normalized spacial score (nSPS) is 10.2. The lowest BCUT2D eigenvalue weighted by atomic mass is 10.2. The van der Waals surface area contributed by atoms with E-state index in [2.05, 4.69) is 4.98 Å². The summed E-state index contributed by atoms with van der Waals surface area (Å²) in [6.07, 6.45) is -2.99. The van der Waals surface area contributed by atoms with Gasteiger partial charge in [0.1, 0.15) is 5.56 Å².